The molecule has 1 aliphatic carbocycles. The van der Waals surface area contributed by atoms with Crippen LogP contribution in [0.5, 0.6) is 0 Å². The van der Waals surface area contributed by atoms with Gasteiger partial charge in [-0.15, -0.1) is 0 Å². The van der Waals surface area contributed by atoms with Crippen LogP contribution in [0.2, 0.25) is 0 Å². The maximum Gasteiger partial charge on any atom is 0.285 e. The SMILES string of the molecule is C=N/C=N\c1[nH]ncc1C.CNC1CCN(CC(F)(F)C2=CCC=C(F)C(C)=C2)CC1. The Bertz CT molecular complexity index is 845. The first-order chi connectivity index (χ1) is 14.8. The molecular weight excluding hydrogens is 405 g/mol. The molecule has 6 nitrogen and oxygen atoms in total. The van der Waals surface area contributed by atoms with Gasteiger partial charge in [0.05, 0.1) is 12.7 Å². The topological polar surface area (TPSA) is 68.7 Å². The minimum absolute atomic E-state index is 0.0698. The molecule has 0 unspecified atom stereocenters. The van der Waals surface area contributed by atoms with E-state index in [1.807, 2.05) is 14.0 Å². The molecule has 1 fully saturated rings. The molecule has 1 aromatic heterocycles. The number of nitrogens with zero attached hydrogens (tertiary/aromatic N) is 4. The average Bonchev–Trinajstić information content (AvgIpc) is 3.07. The van der Waals surface area contributed by atoms with E-state index in [0.717, 1.165) is 24.2 Å². The van der Waals surface area contributed by atoms with Gasteiger partial charge in [-0.3, -0.25) is 15.0 Å². The summed E-state index contributed by atoms with van der Waals surface area (Å²) in [5, 5.41) is 9.66. The van der Waals surface area contributed by atoms with Gasteiger partial charge >= 0.3 is 0 Å². The molecule has 2 N–H and O–H groups in total. The Morgan fingerprint density at radius 2 is 2.03 bits per heavy atom. The van der Waals surface area contributed by atoms with Gasteiger partial charge in [0, 0.05) is 17.2 Å². The third kappa shape index (κ3) is 7.59. The van der Waals surface area contributed by atoms with Gasteiger partial charge in [-0.2, -0.15) is 13.9 Å². The Hall–Kier alpha value is -2.52. The van der Waals surface area contributed by atoms with Gasteiger partial charge in [0.25, 0.3) is 5.92 Å². The zero-order valence-corrected chi connectivity index (χ0v) is 18.3. The summed E-state index contributed by atoms with van der Waals surface area (Å²) in [7, 11) is 1.90. The van der Waals surface area contributed by atoms with Crippen molar-refractivity contribution in [2.45, 2.75) is 45.1 Å². The van der Waals surface area contributed by atoms with Crippen LogP contribution in [-0.4, -0.2) is 66.8 Å². The number of aromatic nitrogens is 2. The van der Waals surface area contributed by atoms with Crippen LogP contribution in [0.1, 0.15) is 31.7 Å². The van der Waals surface area contributed by atoms with Gasteiger partial charge in [-0.05, 0) is 77.7 Å². The number of piperidine rings is 1. The quantitative estimate of drug-likeness (QED) is 0.509. The molecule has 0 radical (unpaired) electrons. The minimum Gasteiger partial charge on any atom is -0.317 e. The molecule has 1 saturated heterocycles. The number of hydrogen-bond donors (Lipinski definition) is 2. The van der Waals surface area contributed by atoms with Crippen LogP contribution in [-0.2, 0) is 0 Å². The highest BCUT2D eigenvalue weighted by Crippen LogP contribution is 2.31. The number of aliphatic imine (C=N–C) groups is 2. The molecule has 9 heteroatoms. The van der Waals surface area contributed by atoms with Crippen LogP contribution in [0.4, 0.5) is 19.0 Å². The largest absolute Gasteiger partial charge is 0.317 e. The first-order valence-corrected chi connectivity index (χ1v) is 10.3. The van der Waals surface area contributed by atoms with Gasteiger partial charge in [-0.1, -0.05) is 6.08 Å². The van der Waals surface area contributed by atoms with E-state index < -0.39 is 11.7 Å². The maximum atomic E-state index is 14.4. The maximum absolute atomic E-state index is 14.4. The lowest BCUT2D eigenvalue weighted by atomic mass is 10.0. The number of aryl methyl sites for hydroxylation is 1. The summed E-state index contributed by atoms with van der Waals surface area (Å²) in [6.45, 7) is 7.75. The number of nitrogens with one attached hydrogen (secondary N) is 2. The molecule has 3 rings (SSSR count). The Morgan fingerprint density at radius 3 is 2.61 bits per heavy atom. The number of H-pyrrole nitrogens is 1. The van der Waals surface area contributed by atoms with E-state index in [0.29, 0.717) is 19.1 Å². The van der Waals surface area contributed by atoms with Gasteiger partial charge in [0.1, 0.15) is 12.2 Å². The fraction of sp³-hybridized carbons (Fsp3) is 0.500. The van der Waals surface area contributed by atoms with E-state index in [1.54, 1.807) is 11.1 Å². The summed E-state index contributed by atoms with van der Waals surface area (Å²) in [6.07, 6.45) is 9.11. The molecule has 0 atom stereocenters. The van der Waals surface area contributed by atoms with Gasteiger partial charge in [0.2, 0.25) is 0 Å². The number of likely N-dealkylation sites (tertiary alicyclic amines) is 1. The smallest absolute Gasteiger partial charge is 0.285 e. The molecule has 2 aliphatic rings. The Balaban J connectivity index is 0.000000285. The molecule has 0 spiro atoms. The van der Waals surface area contributed by atoms with Crippen LogP contribution >= 0.6 is 0 Å². The van der Waals surface area contributed by atoms with E-state index in [4.69, 9.17) is 0 Å². The number of aromatic amines is 1. The monoisotopic (exact) mass is 436 g/mol. The number of allylic oxidation sites excluding steroid dienone is 5. The highest BCUT2D eigenvalue weighted by atomic mass is 19.3. The van der Waals surface area contributed by atoms with Crippen molar-refractivity contribution in [3.05, 3.63) is 47.0 Å². The second-order valence-electron chi connectivity index (χ2n) is 7.65. The lowest BCUT2D eigenvalue weighted by Gasteiger charge is -2.34. The summed E-state index contributed by atoms with van der Waals surface area (Å²) in [6, 6.07) is 0.424. The second-order valence-corrected chi connectivity index (χ2v) is 7.65. The molecule has 170 valence electrons. The van der Waals surface area contributed by atoms with Crippen LogP contribution < -0.4 is 5.32 Å². The van der Waals surface area contributed by atoms with Crippen LogP contribution in [0.3, 0.4) is 0 Å². The predicted molar refractivity (Wildman–Crippen MR) is 120 cm³/mol. The van der Waals surface area contributed by atoms with E-state index in [2.05, 4.69) is 32.2 Å². The number of rotatable bonds is 6. The highest BCUT2D eigenvalue weighted by molar-refractivity contribution is 5.65. The minimum atomic E-state index is -2.94. The van der Waals surface area contributed by atoms with Crippen molar-refractivity contribution in [2.24, 2.45) is 9.98 Å². The molecule has 1 aliphatic heterocycles. The van der Waals surface area contributed by atoms with Crippen LogP contribution in [0, 0.1) is 6.92 Å². The zero-order valence-electron chi connectivity index (χ0n) is 18.3. The summed E-state index contributed by atoms with van der Waals surface area (Å²) in [5.41, 5.74) is 1.20. The molecule has 0 aromatic carbocycles. The van der Waals surface area contributed by atoms with Crippen LogP contribution in [0.25, 0.3) is 0 Å². The summed E-state index contributed by atoms with van der Waals surface area (Å²) in [4.78, 5) is 9.17. The van der Waals surface area contributed by atoms with Crippen LogP contribution in [0.15, 0.2) is 51.4 Å². The Labute approximate surface area is 181 Å². The summed E-state index contributed by atoms with van der Waals surface area (Å²) in [5.74, 6) is -2.62. The van der Waals surface area contributed by atoms with Crippen molar-refractivity contribution >= 4 is 18.9 Å². The first-order valence-electron chi connectivity index (χ1n) is 10.3. The third-order valence-electron chi connectivity index (χ3n) is 5.29. The molecular formula is C22H31F3N6. The third-order valence-corrected chi connectivity index (χ3v) is 5.29. The van der Waals surface area contributed by atoms with Crippen molar-refractivity contribution in [2.75, 3.05) is 26.7 Å². The predicted octanol–water partition coefficient (Wildman–Crippen LogP) is 4.51. The van der Waals surface area contributed by atoms with Crippen molar-refractivity contribution in [3.8, 4) is 0 Å². The van der Waals surface area contributed by atoms with E-state index in [1.165, 1.54) is 31.5 Å². The van der Waals surface area contributed by atoms with Crippen molar-refractivity contribution in [1.82, 2.24) is 20.4 Å². The zero-order chi connectivity index (χ0) is 22.9. The Morgan fingerprint density at radius 1 is 1.32 bits per heavy atom. The van der Waals surface area contributed by atoms with E-state index in [9.17, 15) is 13.2 Å². The summed E-state index contributed by atoms with van der Waals surface area (Å²) < 4.78 is 42.3. The lowest BCUT2D eigenvalue weighted by molar-refractivity contribution is -0.00181. The molecule has 0 amide bonds. The van der Waals surface area contributed by atoms with Gasteiger partial charge in [0.15, 0.2) is 5.82 Å². The van der Waals surface area contributed by atoms with Gasteiger partial charge in [-0.25, -0.2) is 9.38 Å². The number of alkyl halides is 2. The fourth-order valence-corrected chi connectivity index (χ4v) is 3.39. The second kappa shape index (κ2) is 11.8. The average molecular weight is 437 g/mol. The van der Waals surface area contributed by atoms with Crippen molar-refractivity contribution < 1.29 is 13.2 Å². The normalized spacial score (nSPS) is 18.6. The van der Waals surface area contributed by atoms with E-state index >= 15 is 0 Å². The molecule has 0 bridgehead atoms. The lowest BCUT2D eigenvalue weighted by Crippen LogP contribution is -2.46. The molecule has 31 heavy (non-hydrogen) atoms. The fourth-order valence-electron chi connectivity index (χ4n) is 3.39. The molecule has 2 heterocycles. The van der Waals surface area contributed by atoms with Gasteiger partial charge < -0.3 is 5.32 Å². The number of hydrogen-bond acceptors (Lipinski definition) is 4. The van der Waals surface area contributed by atoms with Crippen molar-refractivity contribution in [3.63, 3.8) is 0 Å². The number of halogens is 3. The van der Waals surface area contributed by atoms with E-state index in [-0.39, 0.29) is 24.1 Å². The standard InChI is InChI=1S/C16H23F3N2.C6H8N4/c1-12-10-13(4-3-5-15(12)17)16(18,19)11-21-8-6-14(20-2)7-9-21;1-5-3-9-10-6(5)8-4-7-2/h4-5,10,14,20H,3,6-9,11H2,1-2H3;3-4H,2H2,1H3,(H,9,10)/b;8-4-. The van der Waals surface area contributed by atoms with Crippen molar-refractivity contribution in [1.29, 1.82) is 0 Å². The molecule has 0 saturated carbocycles. The highest BCUT2D eigenvalue weighted by Gasteiger charge is 2.36. The molecule has 1 aromatic rings. The first kappa shape index (κ1) is 24.7. The Kier molecular flexibility index (Phi) is 9.39. The summed E-state index contributed by atoms with van der Waals surface area (Å²) >= 11 is 0.